The number of carbonyl (C=O) groups is 1. The van der Waals surface area contributed by atoms with Gasteiger partial charge in [-0.15, -0.1) is 0 Å². The second-order valence-corrected chi connectivity index (χ2v) is 5.76. The molecule has 6 heteroatoms. The minimum absolute atomic E-state index is 0.204. The van der Waals surface area contributed by atoms with Gasteiger partial charge in [0.05, 0.1) is 22.7 Å². The van der Waals surface area contributed by atoms with Gasteiger partial charge in [-0.25, -0.2) is 5.43 Å². The van der Waals surface area contributed by atoms with Gasteiger partial charge in [0, 0.05) is 22.7 Å². The second-order valence-electron chi connectivity index (χ2n) is 4.97. The zero-order valence-electron chi connectivity index (χ0n) is 12.0. The summed E-state index contributed by atoms with van der Waals surface area (Å²) < 4.78 is 0. The molecule has 23 heavy (non-hydrogen) atoms. The quantitative estimate of drug-likeness (QED) is 0.541. The van der Waals surface area contributed by atoms with Crippen LogP contribution in [0.5, 0.6) is 0 Å². The van der Waals surface area contributed by atoms with E-state index < -0.39 is 0 Å². The number of carbonyl (C=O) groups excluding carboxylic acids is 1. The van der Waals surface area contributed by atoms with Crippen LogP contribution >= 0.6 is 23.2 Å². The Bertz CT molecular complexity index is 886. The van der Waals surface area contributed by atoms with Gasteiger partial charge in [-0.3, -0.25) is 4.79 Å². The number of nitrogens with one attached hydrogen (secondary N) is 2. The van der Waals surface area contributed by atoms with Gasteiger partial charge in [0.1, 0.15) is 0 Å². The predicted molar refractivity (Wildman–Crippen MR) is 94.2 cm³/mol. The highest BCUT2D eigenvalue weighted by Crippen LogP contribution is 2.24. The lowest BCUT2D eigenvalue weighted by Crippen LogP contribution is -2.19. The standard InChI is InChI=1S/C17H13Cl2N3O/c18-14-6-3-4-11(17(14)19)10-21-22-16(23)8-12-9-20-15-7-2-1-5-13(12)15/h1-7,9-10,20H,8H2,(H,22,23). The molecule has 116 valence electrons. The third-order valence-corrected chi connectivity index (χ3v) is 4.23. The van der Waals surface area contributed by atoms with Crippen molar-refractivity contribution in [2.75, 3.05) is 0 Å². The van der Waals surface area contributed by atoms with Crippen LogP contribution in [0.15, 0.2) is 53.8 Å². The van der Waals surface area contributed by atoms with E-state index in [0.717, 1.165) is 16.5 Å². The maximum absolute atomic E-state index is 12.0. The highest BCUT2D eigenvalue weighted by molar-refractivity contribution is 6.43. The molecule has 1 aromatic heterocycles. The first-order valence-electron chi connectivity index (χ1n) is 6.96. The van der Waals surface area contributed by atoms with E-state index in [0.29, 0.717) is 15.6 Å². The van der Waals surface area contributed by atoms with Crippen LogP contribution in [-0.4, -0.2) is 17.1 Å². The monoisotopic (exact) mass is 345 g/mol. The van der Waals surface area contributed by atoms with E-state index in [1.807, 2.05) is 30.5 Å². The summed E-state index contributed by atoms with van der Waals surface area (Å²) in [5.41, 5.74) is 5.07. The summed E-state index contributed by atoms with van der Waals surface area (Å²) in [7, 11) is 0. The number of aromatic amines is 1. The highest BCUT2D eigenvalue weighted by Gasteiger charge is 2.08. The number of fused-ring (bicyclic) bond motifs is 1. The molecular formula is C17H13Cl2N3O. The van der Waals surface area contributed by atoms with E-state index in [9.17, 15) is 4.79 Å². The first-order valence-corrected chi connectivity index (χ1v) is 7.71. The maximum atomic E-state index is 12.0. The smallest absolute Gasteiger partial charge is 0.244 e. The van der Waals surface area contributed by atoms with Gasteiger partial charge in [-0.05, 0) is 17.7 Å². The number of H-pyrrole nitrogens is 1. The van der Waals surface area contributed by atoms with Crippen molar-refractivity contribution in [2.45, 2.75) is 6.42 Å². The maximum Gasteiger partial charge on any atom is 0.244 e. The lowest BCUT2D eigenvalue weighted by molar-refractivity contribution is -0.120. The van der Waals surface area contributed by atoms with Gasteiger partial charge < -0.3 is 4.98 Å². The fourth-order valence-electron chi connectivity index (χ4n) is 2.28. The Morgan fingerprint density at radius 1 is 1.17 bits per heavy atom. The van der Waals surface area contributed by atoms with Crippen LogP contribution in [0.2, 0.25) is 10.0 Å². The van der Waals surface area contributed by atoms with Crippen molar-refractivity contribution in [1.82, 2.24) is 10.4 Å². The molecule has 0 spiro atoms. The molecule has 0 unspecified atom stereocenters. The first kappa shape index (κ1) is 15.6. The summed E-state index contributed by atoms with van der Waals surface area (Å²) in [4.78, 5) is 15.1. The molecule has 0 saturated carbocycles. The first-order chi connectivity index (χ1) is 11.1. The van der Waals surface area contributed by atoms with Crippen molar-refractivity contribution in [2.24, 2.45) is 5.10 Å². The average Bonchev–Trinajstić information content (AvgIpc) is 2.95. The van der Waals surface area contributed by atoms with E-state index in [4.69, 9.17) is 23.2 Å². The van der Waals surface area contributed by atoms with Crippen molar-refractivity contribution in [3.63, 3.8) is 0 Å². The summed E-state index contributed by atoms with van der Waals surface area (Å²) in [5.74, 6) is -0.204. The second kappa shape index (κ2) is 6.86. The van der Waals surface area contributed by atoms with Crippen molar-refractivity contribution >= 4 is 46.2 Å². The van der Waals surface area contributed by atoms with E-state index >= 15 is 0 Å². The number of hydrogen-bond donors (Lipinski definition) is 2. The predicted octanol–water partition coefficient (Wildman–Crippen LogP) is 4.17. The summed E-state index contributed by atoms with van der Waals surface area (Å²) in [6.45, 7) is 0. The number of hydrazone groups is 1. The molecule has 1 amide bonds. The van der Waals surface area contributed by atoms with Crippen LogP contribution in [0.4, 0.5) is 0 Å². The summed E-state index contributed by atoms with van der Waals surface area (Å²) >= 11 is 12.0. The Morgan fingerprint density at radius 3 is 2.87 bits per heavy atom. The van der Waals surface area contributed by atoms with Crippen LogP contribution in [0, 0.1) is 0 Å². The molecule has 0 aliphatic rings. The van der Waals surface area contributed by atoms with Gasteiger partial charge in [0.2, 0.25) is 5.91 Å². The topological polar surface area (TPSA) is 57.2 Å². The van der Waals surface area contributed by atoms with E-state index in [2.05, 4.69) is 15.5 Å². The molecule has 2 aromatic carbocycles. The molecule has 3 rings (SSSR count). The molecule has 2 N–H and O–H groups in total. The summed E-state index contributed by atoms with van der Waals surface area (Å²) in [6.07, 6.45) is 3.55. The minimum Gasteiger partial charge on any atom is -0.361 e. The molecule has 4 nitrogen and oxygen atoms in total. The Kier molecular flexibility index (Phi) is 4.65. The number of benzene rings is 2. The van der Waals surface area contributed by atoms with Gasteiger partial charge in [0.15, 0.2) is 0 Å². The minimum atomic E-state index is -0.204. The van der Waals surface area contributed by atoms with E-state index in [1.165, 1.54) is 6.21 Å². The van der Waals surface area contributed by atoms with Gasteiger partial charge >= 0.3 is 0 Å². The molecule has 0 saturated heterocycles. The normalized spacial score (nSPS) is 11.2. The van der Waals surface area contributed by atoms with Crippen molar-refractivity contribution < 1.29 is 4.79 Å². The van der Waals surface area contributed by atoms with Crippen molar-refractivity contribution in [1.29, 1.82) is 0 Å². The lowest BCUT2D eigenvalue weighted by atomic mass is 10.1. The number of aromatic nitrogens is 1. The molecule has 0 radical (unpaired) electrons. The Labute approximate surface area is 143 Å². The van der Waals surface area contributed by atoms with Gasteiger partial charge in [-0.1, -0.05) is 53.5 Å². The fraction of sp³-hybridized carbons (Fsp3) is 0.0588. The van der Waals surface area contributed by atoms with Crippen LogP contribution < -0.4 is 5.43 Å². The lowest BCUT2D eigenvalue weighted by Gasteiger charge is -2.01. The number of hydrogen-bond acceptors (Lipinski definition) is 2. The molecule has 3 aromatic rings. The number of nitrogens with zero attached hydrogens (tertiary/aromatic N) is 1. The van der Waals surface area contributed by atoms with Gasteiger partial charge in [0.25, 0.3) is 0 Å². The summed E-state index contributed by atoms with van der Waals surface area (Å²) in [6, 6.07) is 13.1. The highest BCUT2D eigenvalue weighted by atomic mass is 35.5. The van der Waals surface area contributed by atoms with Gasteiger partial charge in [-0.2, -0.15) is 5.10 Å². The zero-order chi connectivity index (χ0) is 16.2. The molecular weight excluding hydrogens is 333 g/mol. The summed E-state index contributed by atoms with van der Waals surface area (Å²) in [5, 5.41) is 5.81. The Morgan fingerprint density at radius 2 is 2.00 bits per heavy atom. The Hall–Kier alpha value is -2.30. The van der Waals surface area contributed by atoms with E-state index in [-0.39, 0.29) is 12.3 Å². The third-order valence-electron chi connectivity index (χ3n) is 3.40. The zero-order valence-corrected chi connectivity index (χ0v) is 13.5. The fourth-order valence-corrected chi connectivity index (χ4v) is 2.64. The number of amides is 1. The third kappa shape index (κ3) is 3.55. The molecule has 0 atom stereocenters. The van der Waals surface area contributed by atoms with Crippen LogP contribution in [0.25, 0.3) is 10.9 Å². The number of para-hydroxylation sites is 1. The van der Waals surface area contributed by atoms with Crippen molar-refractivity contribution in [3.05, 3.63) is 69.8 Å². The van der Waals surface area contributed by atoms with Crippen LogP contribution in [-0.2, 0) is 11.2 Å². The van der Waals surface area contributed by atoms with E-state index in [1.54, 1.807) is 18.2 Å². The molecule has 0 fully saturated rings. The van der Waals surface area contributed by atoms with Crippen LogP contribution in [0.3, 0.4) is 0 Å². The average molecular weight is 346 g/mol. The number of rotatable bonds is 4. The molecule has 0 aliphatic carbocycles. The molecule has 1 heterocycles. The number of halogens is 2. The van der Waals surface area contributed by atoms with Crippen molar-refractivity contribution in [3.8, 4) is 0 Å². The molecule has 0 aliphatic heterocycles. The largest absolute Gasteiger partial charge is 0.361 e. The molecule has 0 bridgehead atoms. The Balaban J connectivity index is 1.66. The van der Waals surface area contributed by atoms with Crippen LogP contribution in [0.1, 0.15) is 11.1 Å². The SMILES string of the molecule is O=C(Cc1c[nH]c2ccccc12)NN=Cc1cccc(Cl)c1Cl.